The van der Waals surface area contributed by atoms with E-state index >= 15 is 0 Å². The third-order valence-corrected chi connectivity index (χ3v) is 4.12. The molecule has 2 aromatic carbocycles. The van der Waals surface area contributed by atoms with Crippen molar-refractivity contribution >= 4 is 10.8 Å². The maximum absolute atomic E-state index is 5.52. The highest BCUT2D eigenvalue weighted by Crippen LogP contribution is 2.29. The Morgan fingerprint density at radius 2 is 2.00 bits per heavy atom. The molecule has 1 unspecified atom stereocenters. The first-order valence-corrected chi connectivity index (χ1v) is 7.44. The second kappa shape index (κ2) is 5.30. The number of rotatable bonds is 2. The van der Waals surface area contributed by atoms with Crippen molar-refractivity contribution in [1.82, 2.24) is 15.5 Å². The zero-order valence-corrected chi connectivity index (χ0v) is 11.7. The molecule has 4 nitrogen and oxygen atoms in total. The van der Waals surface area contributed by atoms with Gasteiger partial charge in [-0.05, 0) is 36.2 Å². The molecule has 1 aromatic heterocycles. The Bertz CT molecular complexity index is 754. The Labute approximate surface area is 123 Å². The van der Waals surface area contributed by atoms with Crippen LogP contribution in [0, 0.1) is 0 Å². The monoisotopic (exact) mass is 279 g/mol. The van der Waals surface area contributed by atoms with E-state index in [1.807, 2.05) is 24.3 Å². The average molecular weight is 279 g/mol. The molecule has 1 saturated heterocycles. The van der Waals surface area contributed by atoms with Gasteiger partial charge in [-0.25, -0.2) is 0 Å². The first-order valence-electron chi connectivity index (χ1n) is 7.44. The topological polar surface area (TPSA) is 51.0 Å². The van der Waals surface area contributed by atoms with Gasteiger partial charge in [-0.1, -0.05) is 41.6 Å². The lowest BCUT2D eigenvalue weighted by molar-refractivity contribution is 0.393. The fourth-order valence-electron chi connectivity index (χ4n) is 2.99. The van der Waals surface area contributed by atoms with Crippen molar-refractivity contribution in [2.45, 2.75) is 18.8 Å². The number of piperidine rings is 1. The number of hydrogen-bond acceptors (Lipinski definition) is 4. The number of fused-ring (bicyclic) bond motifs is 1. The van der Waals surface area contributed by atoms with Crippen LogP contribution < -0.4 is 5.32 Å². The van der Waals surface area contributed by atoms with Crippen LogP contribution in [-0.2, 0) is 0 Å². The average Bonchev–Trinajstić information content (AvgIpc) is 3.05. The van der Waals surface area contributed by atoms with Crippen molar-refractivity contribution in [2.75, 3.05) is 13.1 Å². The summed E-state index contributed by atoms with van der Waals surface area (Å²) in [6.45, 7) is 2.03. The second-order valence-corrected chi connectivity index (χ2v) is 5.53. The second-order valence-electron chi connectivity index (χ2n) is 5.53. The first kappa shape index (κ1) is 12.5. The Morgan fingerprint density at radius 3 is 2.90 bits per heavy atom. The minimum Gasteiger partial charge on any atom is -0.334 e. The van der Waals surface area contributed by atoms with E-state index in [1.54, 1.807) is 0 Å². The normalized spacial score (nSPS) is 19.0. The van der Waals surface area contributed by atoms with Crippen LogP contribution in [0.2, 0.25) is 0 Å². The van der Waals surface area contributed by atoms with Gasteiger partial charge in [0.2, 0.25) is 0 Å². The highest BCUT2D eigenvalue weighted by molar-refractivity contribution is 5.94. The third kappa shape index (κ3) is 2.32. The van der Waals surface area contributed by atoms with Gasteiger partial charge >= 0.3 is 0 Å². The van der Waals surface area contributed by atoms with Crippen molar-refractivity contribution in [3.8, 4) is 11.5 Å². The molecule has 21 heavy (non-hydrogen) atoms. The van der Waals surface area contributed by atoms with Crippen LogP contribution in [0.4, 0.5) is 0 Å². The first-order chi connectivity index (χ1) is 10.4. The van der Waals surface area contributed by atoms with Crippen LogP contribution in [-0.4, -0.2) is 23.2 Å². The SMILES string of the molecule is c1ccc2c(-c3nc(C4CCCNC4)no3)cccc2c1. The summed E-state index contributed by atoms with van der Waals surface area (Å²) >= 11 is 0. The summed E-state index contributed by atoms with van der Waals surface area (Å²) in [4.78, 5) is 4.64. The van der Waals surface area contributed by atoms with Gasteiger partial charge in [0.25, 0.3) is 5.89 Å². The minimum atomic E-state index is 0.367. The number of nitrogens with zero attached hydrogens (tertiary/aromatic N) is 2. The van der Waals surface area contributed by atoms with E-state index in [9.17, 15) is 0 Å². The molecule has 0 saturated carbocycles. The van der Waals surface area contributed by atoms with Gasteiger partial charge in [0.1, 0.15) is 0 Å². The van der Waals surface area contributed by atoms with Gasteiger partial charge in [-0.2, -0.15) is 4.98 Å². The molecule has 0 aliphatic carbocycles. The molecule has 1 atom stereocenters. The Balaban J connectivity index is 1.74. The molecule has 106 valence electrons. The molecular weight excluding hydrogens is 262 g/mol. The zero-order valence-electron chi connectivity index (χ0n) is 11.7. The van der Waals surface area contributed by atoms with Crippen LogP contribution in [0.15, 0.2) is 47.0 Å². The van der Waals surface area contributed by atoms with Crippen LogP contribution in [0.3, 0.4) is 0 Å². The fraction of sp³-hybridized carbons (Fsp3) is 0.294. The van der Waals surface area contributed by atoms with Crippen LogP contribution in [0.1, 0.15) is 24.6 Å². The van der Waals surface area contributed by atoms with Gasteiger partial charge in [0.05, 0.1) is 0 Å². The van der Waals surface area contributed by atoms with E-state index in [0.717, 1.165) is 36.3 Å². The Hall–Kier alpha value is -2.20. The van der Waals surface area contributed by atoms with Crippen molar-refractivity contribution in [3.63, 3.8) is 0 Å². The summed E-state index contributed by atoms with van der Waals surface area (Å²) in [5, 5.41) is 9.93. The largest absolute Gasteiger partial charge is 0.334 e. The third-order valence-electron chi connectivity index (χ3n) is 4.12. The molecule has 2 heterocycles. The van der Waals surface area contributed by atoms with Gasteiger partial charge in [0, 0.05) is 18.0 Å². The van der Waals surface area contributed by atoms with E-state index in [2.05, 4.69) is 33.7 Å². The lowest BCUT2D eigenvalue weighted by Crippen LogP contribution is -2.28. The number of hydrogen-bond donors (Lipinski definition) is 1. The van der Waals surface area contributed by atoms with Crippen molar-refractivity contribution in [2.24, 2.45) is 0 Å². The van der Waals surface area contributed by atoms with Gasteiger partial charge in [-0.3, -0.25) is 0 Å². The molecule has 1 fully saturated rings. The Kier molecular flexibility index (Phi) is 3.16. The molecule has 4 heteroatoms. The summed E-state index contributed by atoms with van der Waals surface area (Å²) in [5.41, 5.74) is 1.01. The predicted molar refractivity (Wildman–Crippen MR) is 82.1 cm³/mol. The lowest BCUT2D eigenvalue weighted by atomic mass is 9.99. The molecule has 3 aromatic rings. The lowest BCUT2D eigenvalue weighted by Gasteiger charge is -2.19. The molecule has 0 amide bonds. The van der Waals surface area contributed by atoms with Crippen LogP contribution >= 0.6 is 0 Å². The van der Waals surface area contributed by atoms with E-state index < -0.39 is 0 Å². The molecule has 1 aliphatic rings. The fourth-order valence-corrected chi connectivity index (χ4v) is 2.99. The zero-order chi connectivity index (χ0) is 14.1. The molecule has 1 N–H and O–H groups in total. The summed E-state index contributed by atoms with van der Waals surface area (Å²) in [7, 11) is 0. The maximum Gasteiger partial charge on any atom is 0.258 e. The molecule has 0 spiro atoms. The van der Waals surface area contributed by atoms with Crippen molar-refractivity contribution < 1.29 is 4.52 Å². The summed E-state index contributed by atoms with van der Waals surface area (Å²) < 4.78 is 5.52. The number of benzene rings is 2. The van der Waals surface area contributed by atoms with E-state index in [1.165, 1.54) is 11.8 Å². The summed E-state index contributed by atoms with van der Waals surface area (Å²) in [6, 6.07) is 14.4. The van der Waals surface area contributed by atoms with Crippen molar-refractivity contribution in [1.29, 1.82) is 0 Å². The minimum absolute atomic E-state index is 0.367. The highest BCUT2D eigenvalue weighted by Gasteiger charge is 2.21. The summed E-state index contributed by atoms with van der Waals surface area (Å²) in [6.07, 6.45) is 2.30. The van der Waals surface area contributed by atoms with Gasteiger partial charge in [-0.15, -0.1) is 0 Å². The van der Waals surface area contributed by atoms with Crippen molar-refractivity contribution in [3.05, 3.63) is 48.3 Å². The van der Waals surface area contributed by atoms with Gasteiger partial charge in [0.15, 0.2) is 5.82 Å². The smallest absolute Gasteiger partial charge is 0.258 e. The molecule has 1 aliphatic heterocycles. The Morgan fingerprint density at radius 1 is 1.10 bits per heavy atom. The molecule has 4 rings (SSSR count). The predicted octanol–water partition coefficient (Wildman–Crippen LogP) is 3.36. The van der Waals surface area contributed by atoms with Crippen LogP contribution in [0.25, 0.3) is 22.2 Å². The molecule has 0 radical (unpaired) electrons. The quantitative estimate of drug-likeness (QED) is 0.781. The standard InChI is InChI=1S/C17H17N3O/c1-2-8-14-12(5-1)6-3-9-15(14)17-19-16(20-21-17)13-7-4-10-18-11-13/h1-3,5-6,8-9,13,18H,4,7,10-11H2. The molecular formula is C17H17N3O. The number of aromatic nitrogens is 2. The van der Waals surface area contributed by atoms with E-state index in [4.69, 9.17) is 4.52 Å². The van der Waals surface area contributed by atoms with E-state index in [-0.39, 0.29) is 0 Å². The number of nitrogens with one attached hydrogen (secondary N) is 1. The van der Waals surface area contributed by atoms with Gasteiger partial charge < -0.3 is 9.84 Å². The highest BCUT2D eigenvalue weighted by atomic mass is 16.5. The van der Waals surface area contributed by atoms with Crippen LogP contribution in [0.5, 0.6) is 0 Å². The summed E-state index contributed by atoms with van der Waals surface area (Å²) in [5.74, 6) is 1.81. The molecule has 0 bridgehead atoms. The van der Waals surface area contributed by atoms with E-state index in [0.29, 0.717) is 11.8 Å². The maximum atomic E-state index is 5.52.